The van der Waals surface area contributed by atoms with E-state index < -0.39 is 0 Å². The molecule has 0 aromatic heterocycles. The molecule has 4 aromatic rings. The number of para-hydroxylation sites is 1. The third kappa shape index (κ3) is 4.61. The Morgan fingerprint density at radius 1 is 0.552 bits per heavy atom. The number of benzene rings is 4. The maximum absolute atomic E-state index is 10.7. The van der Waals surface area contributed by atoms with Gasteiger partial charge in [0.1, 0.15) is 5.75 Å². The molecule has 0 spiro atoms. The first-order valence-corrected chi connectivity index (χ1v) is 9.74. The molecular weight excluding hydrogens is 356 g/mol. The zero-order valence-electron chi connectivity index (χ0n) is 16.1. The van der Waals surface area contributed by atoms with E-state index in [0.717, 1.165) is 5.56 Å². The first-order valence-electron chi connectivity index (χ1n) is 9.74. The van der Waals surface area contributed by atoms with Crippen molar-refractivity contribution in [1.82, 2.24) is 0 Å². The molecule has 1 heterocycles. The normalized spacial score (nSPS) is 12.0. The van der Waals surface area contributed by atoms with Crippen molar-refractivity contribution >= 4 is 5.97 Å². The van der Waals surface area contributed by atoms with Crippen molar-refractivity contribution in [3.05, 3.63) is 138 Å². The molecule has 0 atom stereocenters. The third-order valence-corrected chi connectivity index (χ3v) is 4.93. The summed E-state index contributed by atoms with van der Waals surface area (Å²) in [6.45, 7) is 0. The zero-order valence-corrected chi connectivity index (χ0v) is 16.1. The van der Waals surface area contributed by atoms with E-state index in [2.05, 4.69) is 91.0 Å². The Kier molecular flexibility index (Phi) is 5.82. The molecule has 0 saturated heterocycles. The number of carbonyl (C=O) groups is 1. The van der Waals surface area contributed by atoms with Gasteiger partial charge in [-0.15, -0.1) is 0 Å². The fourth-order valence-corrected chi connectivity index (χ4v) is 3.58. The van der Waals surface area contributed by atoms with Crippen molar-refractivity contribution in [2.24, 2.45) is 0 Å². The van der Waals surface area contributed by atoms with Gasteiger partial charge in [0.2, 0.25) is 0 Å². The first-order chi connectivity index (χ1) is 14.3. The van der Waals surface area contributed by atoms with Gasteiger partial charge in [0.15, 0.2) is 0 Å². The van der Waals surface area contributed by atoms with E-state index in [1.54, 1.807) is 6.07 Å². The van der Waals surface area contributed by atoms with Crippen LogP contribution < -0.4 is 4.74 Å². The number of hydrogen-bond acceptors (Lipinski definition) is 2. The van der Waals surface area contributed by atoms with E-state index in [9.17, 15) is 4.79 Å². The van der Waals surface area contributed by atoms with E-state index in [1.165, 1.54) is 16.7 Å². The van der Waals surface area contributed by atoms with Crippen molar-refractivity contribution in [2.75, 3.05) is 0 Å². The maximum Gasteiger partial charge on any atom is 0.315 e. The SMILES string of the molecule is O=C1Cc2ccccc2O1.c1ccc(C(c2ccccc2)c2ccccc2)cc1. The number of hydrogen-bond donors (Lipinski definition) is 0. The Bertz CT molecular complexity index is 936. The summed E-state index contributed by atoms with van der Waals surface area (Å²) in [5.41, 5.74) is 4.99. The molecule has 0 radical (unpaired) electrons. The largest absolute Gasteiger partial charge is 0.426 e. The van der Waals surface area contributed by atoms with Crippen LogP contribution in [0, 0.1) is 0 Å². The number of carbonyl (C=O) groups excluding carboxylic acids is 1. The Morgan fingerprint density at radius 2 is 0.966 bits per heavy atom. The van der Waals surface area contributed by atoms with Crippen LogP contribution in [0.25, 0.3) is 0 Å². The Balaban J connectivity index is 0.000000171. The van der Waals surface area contributed by atoms with Gasteiger partial charge in [-0.2, -0.15) is 0 Å². The molecule has 1 aliphatic heterocycles. The molecule has 2 nitrogen and oxygen atoms in total. The smallest absolute Gasteiger partial charge is 0.315 e. The molecule has 4 aromatic carbocycles. The molecule has 0 amide bonds. The molecule has 0 N–H and O–H groups in total. The van der Waals surface area contributed by atoms with Crippen molar-refractivity contribution < 1.29 is 9.53 Å². The van der Waals surface area contributed by atoms with E-state index >= 15 is 0 Å². The molecule has 142 valence electrons. The third-order valence-electron chi connectivity index (χ3n) is 4.93. The van der Waals surface area contributed by atoms with Crippen LogP contribution in [0.2, 0.25) is 0 Å². The highest BCUT2D eigenvalue weighted by Gasteiger charge is 2.18. The summed E-state index contributed by atoms with van der Waals surface area (Å²) in [6.07, 6.45) is 0.427. The van der Waals surface area contributed by atoms with Gasteiger partial charge in [0.05, 0.1) is 6.42 Å². The van der Waals surface area contributed by atoms with Gasteiger partial charge < -0.3 is 4.74 Å². The van der Waals surface area contributed by atoms with Gasteiger partial charge >= 0.3 is 5.97 Å². The molecule has 1 aliphatic rings. The minimum Gasteiger partial charge on any atom is -0.426 e. The molecule has 0 unspecified atom stereocenters. The van der Waals surface area contributed by atoms with Gasteiger partial charge in [-0.1, -0.05) is 109 Å². The van der Waals surface area contributed by atoms with Gasteiger partial charge in [-0.25, -0.2) is 0 Å². The van der Waals surface area contributed by atoms with Gasteiger partial charge in [0, 0.05) is 11.5 Å². The Labute approximate surface area is 171 Å². The van der Waals surface area contributed by atoms with Crippen LogP contribution in [0.5, 0.6) is 5.75 Å². The van der Waals surface area contributed by atoms with Crippen LogP contribution >= 0.6 is 0 Å². The predicted molar refractivity (Wildman–Crippen MR) is 116 cm³/mol. The highest BCUT2D eigenvalue weighted by Crippen LogP contribution is 2.31. The van der Waals surface area contributed by atoms with Crippen molar-refractivity contribution in [2.45, 2.75) is 12.3 Å². The summed E-state index contributed by atoms with van der Waals surface area (Å²) in [5, 5.41) is 0. The fraction of sp³-hybridized carbons (Fsp3) is 0.0741. The quantitative estimate of drug-likeness (QED) is 0.248. The molecule has 0 fully saturated rings. The lowest BCUT2D eigenvalue weighted by Gasteiger charge is -2.18. The second-order valence-electron chi connectivity index (χ2n) is 6.92. The summed E-state index contributed by atoms with van der Waals surface area (Å²) in [7, 11) is 0. The van der Waals surface area contributed by atoms with E-state index in [1.807, 2.05) is 18.2 Å². The van der Waals surface area contributed by atoms with Gasteiger partial charge in [-0.3, -0.25) is 4.79 Å². The highest BCUT2D eigenvalue weighted by molar-refractivity contribution is 5.80. The lowest BCUT2D eigenvalue weighted by molar-refractivity contribution is -0.131. The van der Waals surface area contributed by atoms with Crippen LogP contribution in [0.3, 0.4) is 0 Å². The zero-order chi connectivity index (χ0) is 19.9. The summed E-state index contributed by atoms with van der Waals surface area (Å²) in [6, 6.07) is 39.5. The van der Waals surface area contributed by atoms with Crippen LogP contribution in [0.15, 0.2) is 115 Å². The summed E-state index contributed by atoms with van der Waals surface area (Å²) < 4.78 is 4.87. The van der Waals surface area contributed by atoms with Crippen molar-refractivity contribution in [3.8, 4) is 5.75 Å². The standard InChI is InChI=1S/C19H16.C8H6O2/c1-4-10-16(11-5-1)19(17-12-6-2-7-13-17)18-14-8-3-9-15-18;9-8-5-6-3-1-2-4-7(6)10-8/h1-15,19H;1-4H,5H2. The van der Waals surface area contributed by atoms with Crippen LogP contribution in [0.1, 0.15) is 28.2 Å². The highest BCUT2D eigenvalue weighted by atomic mass is 16.5. The average Bonchev–Trinajstić information content (AvgIpc) is 3.17. The molecular formula is C27H22O2. The summed E-state index contributed by atoms with van der Waals surface area (Å²) in [4.78, 5) is 10.7. The molecule has 2 heteroatoms. The second-order valence-corrected chi connectivity index (χ2v) is 6.92. The van der Waals surface area contributed by atoms with E-state index in [-0.39, 0.29) is 5.97 Å². The van der Waals surface area contributed by atoms with Crippen molar-refractivity contribution in [3.63, 3.8) is 0 Å². The monoisotopic (exact) mass is 378 g/mol. The van der Waals surface area contributed by atoms with Crippen LogP contribution in [-0.4, -0.2) is 5.97 Å². The molecule has 0 saturated carbocycles. The fourth-order valence-electron chi connectivity index (χ4n) is 3.58. The first kappa shape index (κ1) is 18.7. The minimum atomic E-state index is -0.152. The average molecular weight is 378 g/mol. The van der Waals surface area contributed by atoms with Crippen molar-refractivity contribution in [1.29, 1.82) is 0 Å². The molecule has 29 heavy (non-hydrogen) atoms. The summed E-state index contributed by atoms with van der Waals surface area (Å²) >= 11 is 0. The summed E-state index contributed by atoms with van der Waals surface area (Å²) in [5.74, 6) is 0.873. The molecule has 5 rings (SSSR count). The van der Waals surface area contributed by atoms with Crippen LogP contribution in [-0.2, 0) is 11.2 Å². The lowest BCUT2D eigenvalue weighted by atomic mass is 9.85. The Hall–Kier alpha value is -3.65. The number of ether oxygens (including phenoxy) is 1. The number of esters is 1. The molecule has 0 bridgehead atoms. The van der Waals surface area contributed by atoms with E-state index in [4.69, 9.17) is 4.74 Å². The maximum atomic E-state index is 10.7. The number of fused-ring (bicyclic) bond motifs is 1. The Morgan fingerprint density at radius 3 is 1.41 bits per heavy atom. The second kappa shape index (κ2) is 9.03. The predicted octanol–water partition coefficient (Wildman–Crippen LogP) is 6.01. The minimum absolute atomic E-state index is 0.152. The van der Waals surface area contributed by atoms with Gasteiger partial charge in [0.25, 0.3) is 0 Å². The topological polar surface area (TPSA) is 26.3 Å². The molecule has 0 aliphatic carbocycles. The van der Waals surface area contributed by atoms with E-state index in [0.29, 0.717) is 18.1 Å². The van der Waals surface area contributed by atoms with Gasteiger partial charge in [-0.05, 0) is 22.8 Å². The lowest BCUT2D eigenvalue weighted by Crippen LogP contribution is -2.02. The van der Waals surface area contributed by atoms with Crippen LogP contribution in [0.4, 0.5) is 0 Å². The number of rotatable bonds is 3.